The molecule has 0 aliphatic carbocycles. The molecule has 1 fully saturated rings. The van der Waals surface area contributed by atoms with Gasteiger partial charge in [0.25, 0.3) is 0 Å². The predicted molar refractivity (Wildman–Crippen MR) is 95.8 cm³/mol. The first kappa shape index (κ1) is 16.1. The highest BCUT2D eigenvalue weighted by molar-refractivity contribution is 7.15. The highest BCUT2D eigenvalue weighted by Gasteiger charge is 2.34. The van der Waals surface area contributed by atoms with Gasteiger partial charge in [0.2, 0.25) is 0 Å². The van der Waals surface area contributed by atoms with Crippen LogP contribution in [-0.4, -0.2) is 42.1 Å². The second kappa shape index (κ2) is 6.37. The lowest BCUT2D eigenvalue weighted by atomic mass is 10.1. The number of halogens is 1. The molecule has 1 aromatic heterocycles. The molecule has 0 atom stereocenters. The summed E-state index contributed by atoms with van der Waals surface area (Å²) in [7, 11) is 2.03. The number of aromatic nitrogens is 1. The lowest BCUT2D eigenvalue weighted by Gasteiger charge is -2.44. The molecule has 7 heteroatoms. The van der Waals surface area contributed by atoms with Gasteiger partial charge >= 0.3 is 6.03 Å². The fourth-order valence-electron chi connectivity index (χ4n) is 2.46. The minimum atomic E-state index is -0.0917. The van der Waals surface area contributed by atoms with Crippen molar-refractivity contribution in [3.63, 3.8) is 0 Å². The number of likely N-dealkylation sites (tertiary alicyclic amines) is 1. The van der Waals surface area contributed by atoms with E-state index in [0.29, 0.717) is 24.3 Å². The molecule has 122 valence electrons. The summed E-state index contributed by atoms with van der Waals surface area (Å²) in [6, 6.07) is 6.26. The van der Waals surface area contributed by atoms with Crippen LogP contribution in [0.15, 0.2) is 24.4 Å². The summed E-state index contributed by atoms with van der Waals surface area (Å²) in [5, 5.41) is 4.25. The molecule has 23 heavy (non-hydrogen) atoms. The summed E-state index contributed by atoms with van der Waals surface area (Å²) >= 11 is 7.67. The van der Waals surface area contributed by atoms with Crippen molar-refractivity contribution in [2.75, 3.05) is 30.4 Å². The molecule has 3 rings (SSSR count). The van der Waals surface area contributed by atoms with Crippen LogP contribution in [-0.2, 0) is 0 Å². The fraction of sp³-hybridized carbons (Fsp3) is 0.375. The van der Waals surface area contributed by atoms with Gasteiger partial charge in [0.05, 0.1) is 6.04 Å². The van der Waals surface area contributed by atoms with Gasteiger partial charge in [0, 0.05) is 41.9 Å². The Morgan fingerprint density at radius 3 is 2.78 bits per heavy atom. The lowest BCUT2D eigenvalue weighted by molar-refractivity contribution is 0.163. The minimum absolute atomic E-state index is 0.0917. The minimum Gasteiger partial charge on any atom is -0.368 e. The predicted octanol–water partition coefficient (Wildman–Crippen LogP) is 3.77. The van der Waals surface area contributed by atoms with Crippen LogP contribution < -0.4 is 10.2 Å². The van der Waals surface area contributed by atoms with Crippen molar-refractivity contribution in [3.8, 4) is 0 Å². The van der Waals surface area contributed by atoms with Crippen molar-refractivity contribution in [1.82, 2.24) is 9.88 Å². The van der Waals surface area contributed by atoms with Gasteiger partial charge in [-0.2, -0.15) is 0 Å². The molecular formula is C16H19ClN4OS. The molecule has 0 unspecified atom stereocenters. The first-order valence-electron chi connectivity index (χ1n) is 7.41. The Kier molecular flexibility index (Phi) is 4.46. The van der Waals surface area contributed by atoms with Gasteiger partial charge in [0.15, 0.2) is 5.13 Å². The summed E-state index contributed by atoms with van der Waals surface area (Å²) in [5.74, 6) is 0. The van der Waals surface area contributed by atoms with E-state index in [2.05, 4.69) is 21.3 Å². The number of hydrogen-bond acceptors (Lipinski definition) is 4. The van der Waals surface area contributed by atoms with E-state index in [1.807, 2.05) is 33.0 Å². The van der Waals surface area contributed by atoms with Crippen molar-refractivity contribution >= 4 is 39.8 Å². The van der Waals surface area contributed by atoms with Gasteiger partial charge < -0.3 is 9.80 Å². The summed E-state index contributed by atoms with van der Waals surface area (Å²) < 4.78 is 0. The number of anilines is 2. The summed E-state index contributed by atoms with van der Waals surface area (Å²) in [4.78, 5) is 21.3. The third kappa shape index (κ3) is 3.43. The number of hydrogen-bond donors (Lipinski definition) is 1. The van der Waals surface area contributed by atoms with Crippen molar-refractivity contribution in [2.45, 2.75) is 19.9 Å². The number of nitrogens with one attached hydrogen (secondary N) is 1. The van der Waals surface area contributed by atoms with E-state index in [1.54, 1.807) is 11.1 Å². The quantitative estimate of drug-likeness (QED) is 0.916. The molecule has 1 N–H and O–H groups in total. The molecule has 2 heterocycles. The van der Waals surface area contributed by atoms with Gasteiger partial charge in [-0.25, -0.2) is 9.78 Å². The average Bonchev–Trinajstić information content (AvgIpc) is 2.85. The number of benzene rings is 1. The fourth-order valence-corrected chi connectivity index (χ4v) is 3.29. The van der Waals surface area contributed by atoms with Gasteiger partial charge in [0.1, 0.15) is 0 Å². The van der Waals surface area contributed by atoms with E-state index in [9.17, 15) is 4.79 Å². The van der Waals surface area contributed by atoms with Crippen LogP contribution in [0.1, 0.15) is 10.4 Å². The SMILES string of the molecule is Cc1cnc(NC(=O)N2CC(N(C)c3ccc(C)c(Cl)c3)C2)s1. The largest absolute Gasteiger partial charge is 0.368 e. The Hall–Kier alpha value is -1.79. The standard InChI is InChI=1S/C16H19ClN4OS/c1-10-4-5-12(6-14(10)17)20(3)13-8-21(9-13)16(22)19-15-18-7-11(2)23-15/h4-7,13H,8-9H2,1-3H3,(H,18,19,22). The number of amides is 2. The Labute approximate surface area is 144 Å². The van der Waals surface area contributed by atoms with Crippen molar-refractivity contribution < 1.29 is 4.79 Å². The first-order chi connectivity index (χ1) is 10.9. The molecule has 0 bridgehead atoms. The highest BCUT2D eigenvalue weighted by atomic mass is 35.5. The lowest BCUT2D eigenvalue weighted by Crippen LogP contribution is -2.61. The van der Waals surface area contributed by atoms with E-state index in [-0.39, 0.29) is 6.03 Å². The number of nitrogens with zero attached hydrogens (tertiary/aromatic N) is 3. The molecule has 1 saturated heterocycles. The number of carbonyl (C=O) groups excluding carboxylic acids is 1. The summed E-state index contributed by atoms with van der Waals surface area (Å²) in [5.41, 5.74) is 2.14. The second-order valence-electron chi connectivity index (χ2n) is 5.81. The van der Waals surface area contributed by atoms with Crippen molar-refractivity contribution in [1.29, 1.82) is 0 Å². The number of urea groups is 1. The third-order valence-electron chi connectivity index (χ3n) is 4.10. The maximum Gasteiger partial charge on any atom is 0.323 e. The zero-order valence-electron chi connectivity index (χ0n) is 13.3. The monoisotopic (exact) mass is 350 g/mol. The molecule has 0 spiro atoms. The van der Waals surface area contributed by atoms with Gasteiger partial charge in [-0.1, -0.05) is 17.7 Å². The maximum absolute atomic E-state index is 12.1. The van der Waals surface area contributed by atoms with E-state index in [0.717, 1.165) is 21.2 Å². The zero-order chi connectivity index (χ0) is 16.6. The van der Waals surface area contributed by atoms with Gasteiger partial charge in [-0.3, -0.25) is 5.32 Å². The number of carbonyl (C=O) groups is 1. The number of rotatable bonds is 3. The smallest absolute Gasteiger partial charge is 0.323 e. The normalized spacial score (nSPS) is 14.5. The van der Waals surface area contributed by atoms with Crippen LogP contribution in [0.3, 0.4) is 0 Å². The Morgan fingerprint density at radius 2 is 2.17 bits per heavy atom. The molecule has 0 saturated carbocycles. The molecule has 2 aromatic rings. The maximum atomic E-state index is 12.1. The van der Waals surface area contributed by atoms with Crippen LogP contribution >= 0.6 is 22.9 Å². The Bertz CT molecular complexity index is 727. The van der Waals surface area contributed by atoms with Crippen molar-refractivity contribution in [2.24, 2.45) is 0 Å². The number of aryl methyl sites for hydroxylation is 2. The third-order valence-corrected chi connectivity index (χ3v) is 5.33. The zero-order valence-corrected chi connectivity index (χ0v) is 14.9. The Morgan fingerprint density at radius 1 is 1.43 bits per heavy atom. The molecule has 5 nitrogen and oxygen atoms in total. The van der Waals surface area contributed by atoms with Gasteiger partial charge in [-0.15, -0.1) is 11.3 Å². The second-order valence-corrected chi connectivity index (χ2v) is 7.45. The summed E-state index contributed by atoms with van der Waals surface area (Å²) in [6.45, 7) is 5.34. The van der Waals surface area contributed by atoms with Crippen LogP contribution in [0.4, 0.5) is 15.6 Å². The molecule has 1 aliphatic rings. The molecule has 1 aromatic carbocycles. The van der Waals surface area contributed by atoms with E-state index in [1.165, 1.54) is 11.3 Å². The van der Waals surface area contributed by atoms with Crippen molar-refractivity contribution in [3.05, 3.63) is 39.9 Å². The average molecular weight is 351 g/mol. The molecule has 2 amide bonds. The molecule has 1 aliphatic heterocycles. The first-order valence-corrected chi connectivity index (χ1v) is 8.61. The molecule has 0 radical (unpaired) electrons. The van der Waals surface area contributed by atoms with Crippen LogP contribution in [0.2, 0.25) is 5.02 Å². The number of likely N-dealkylation sites (N-methyl/N-ethyl adjacent to an activating group) is 1. The van der Waals surface area contributed by atoms with Crippen LogP contribution in [0.25, 0.3) is 0 Å². The van der Waals surface area contributed by atoms with E-state index >= 15 is 0 Å². The Balaban J connectivity index is 1.55. The molecular weight excluding hydrogens is 332 g/mol. The van der Waals surface area contributed by atoms with E-state index < -0.39 is 0 Å². The summed E-state index contributed by atoms with van der Waals surface area (Å²) in [6.07, 6.45) is 1.76. The van der Waals surface area contributed by atoms with Crippen LogP contribution in [0.5, 0.6) is 0 Å². The highest BCUT2D eigenvalue weighted by Crippen LogP contribution is 2.26. The van der Waals surface area contributed by atoms with Crippen LogP contribution in [0, 0.1) is 13.8 Å². The van der Waals surface area contributed by atoms with Gasteiger partial charge in [-0.05, 0) is 31.5 Å². The topological polar surface area (TPSA) is 48.5 Å². The number of thiazole rings is 1. The van der Waals surface area contributed by atoms with E-state index in [4.69, 9.17) is 11.6 Å².